The summed E-state index contributed by atoms with van der Waals surface area (Å²) in [5, 5.41) is 0. The number of rotatable bonds is 2. The van der Waals surface area contributed by atoms with E-state index in [4.69, 9.17) is 5.73 Å². The van der Waals surface area contributed by atoms with Crippen LogP contribution in [0.1, 0.15) is 13.8 Å². The van der Waals surface area contributed by atoms with Crippen molar-refractivity contribution in [2.24, 2.45) is 11.1 Å². The van der Waals surface area contributed by atoms with Crippen LogP contribution < -0.4 is 5.73 Å². The van der Waals surface area contributed by atoms with Crippen LogP contribution in [0, 0.1) is 5.41 Å². The minimum absolute atomic E-state index is 0.132. The van der Waals surface area contributed by atoms with Crippen LogP contribution in [0.4, 0.5) is 0 Å². The lowest BCUT2D eigenvalue weighted by atomic mass is 9.89. The van der Waals surface area contributed by atoms with Crippen molar-refractivity contribution >= 4 is 5.91 Å². The third-order valence-corrected chi connectivity index (χ3v) is 2.95. The lowest BCUT2D eigenvalue weighted by molar-refractivity contribution is -0.129. The molecular formula is C10H21N3O. The molecule has 14 heavy (non-hydrogen) atoms. The van der Waals surface area contributed by atoms with E-state index < -0.39 is 0 Å². The third-order valence-electron chi connectivity index (χ3n) is 2.95. The summed E-state index contributed by atoms with van der Waals surface area (Å²) in [5.74, 6) is 0.148. The fourth-order valence-electron chi connectivity index (χ4n) is 1.74. The quantitative estimate of drug-likeness (QED) is 0.667. The number of nitrogens with zero attached hydrogens (tertiary/aromatic N) is 2. The van der Waals surface area contributed by atoms with Gasteiger partial charge < -0.3 is 10.6 Å². The smallest absolute Gasteiger partial charge is 0.236 e. The molecule has 4 nitrogen and oxygen atoms in total. The predicted molar refractivity (Wildman–Crippen MR) is 56.9 cm³/mol. The molecule has 1 aliphatic rings. The van der Waals surface area contributed by atoms with Gasteiger partial charge in [0.15, 0.2) is 0 Å². The third kappa shape index (κ3) is 2.45. The summed E-state index contributed by atoms with van der Waals surface area (Å²) in [6.45, 7) is 6.53. The molecule has 0 bridgehead atoms. The van der Waals surface area contributed by atoms with E-state index in [1.807, 2.05) is 0 Å². The first kappa shape index (κ1) is 11.5. The first-order valence-corrected chi connectivity index (χ1v) is 5.01. The number of amides is 1. The van der Waals surface area contributed by atoms with E-state index in [-0.39, 0.29) is 17.4 Å². The maximum absolute atomic E-state index is 11.5. The fourth-order valence-corrected chi connectivity index (χ4v) is 1.74. The van der Waals surface area contributed by atoms with Crippen molar-refractivity contribution in [3.8, 4) is 0 Å². The molecule has 0 radical (unpaired) electrons. The molecule has 0 aromatic rings. The summed E-state index contributed by atoms with van der Waals surface area (Å²) in [6, 6.07) is 0.178. The first-order chi connectivity index (χ1) is 6.33. The van der Waals surface area contributed by atoms with Crippen molar-refractivity contribution in [1.82, 2.24) is 9.80 Å². The normalized spacial score (nSPS) is 26.5. The molecule has 0 spiro atoms. The summed E-state index contributed by atoms with van der Waals surface area (Å²) in [4.78, 5) is 15.2. The maximum Gasteiger partial charge on any atom is 0.236 e. The van der Waals surface area contributed by atoms with Crippen molar-refractivity contribution in [1.29, 1.82) is 0 Å². The monoisotopic (exact) mass is 199 g/mol. The maximum atomic E-state index is 11.5. The highest BCUT2D eigenvalue weighted by atomic mass is 16.2. The molecule has 1 aliphatic heterocycles. The van der Waals surface area contributed by atoms with E-state index in [0.717, 1.165) is 13.1 Å². The van der Waals surface area contributed by atoms with Crippen molar-refractivity contribution in [2.75, 3.05) is 33.7 Å². The SMILES string of the molecule is CN(C)C(=O)CN1CC(N)C(C)(C)C1. The molecule has 0 aromatic carbocycles. The number of nitrogens with two attached hydrogens (primary N) is 1. The Bertz CT molecular complexity index is 225. The van der Waals surface area contributed by atoms with Crippen molar-refractivity contribution in [2.45, 2.75) is 19.9 Å². The molecule has 1 saturated heterocycles. The Balaban J connectivity index is 2.47. The predicted octanol–water partition coefficient (Wildman–Crippen LogP) is -0.256. The number of likely N-dealkylation sites (N-methyl/N-ethyl adjacent to an activating group) is 1. The number of likely N-dealkylation sites (tertiary alicyclic amines) is 1. The lowest BCUT2D eigenvalue weighted by Gasteiger charge is -2.22. The summed E-state index contributed by atoms with van der Waals surface area (Å²) in [6.07, 6.45) is 0. The van der Waals surface area contributed by atoms with Gasteiger partial charge in [0.2, 0.25) is 5.91 Å². The molecular weight excluding hydrogens is 178 g/mol. The summed E-state index contributed by atoms with van der Waals surface area (Å²) in [5.41, 5.74) is 6.12. The van der Waals surface area contributed by atoms with Crippen LogP contribution in [0.3, 0.4) is 0 Å². The first-order valence-electron chi connectivity index (χ1n) is 5.01. The zero-order valence-corrected chi connectivity index (χ0v) is 9.58. The minimum Gasteiger partial charge on any atom is -0.348 e. The number of hydrogen-bond donors (Lipinski definition) is 1. The van der Waals surface area contributed by atoms with E-state index in [2.05, 4.69) is 18.7 Å². The molecule has 1 heterocycles. The highest BCUT2D eigenvalue weighted by Crippen LogP contribution is 2.27. The van der Waals surface area contributed by atoms with Gasteiger partial charge in [-0.15, -0.1) is 0 Å². The molecule has 1 fully saturated rings. The van der Waals surface area contributed by atoms with Crippen molar-refractivity contribution in [3.63, 3.8) is 0 Å². The van der Waals surface area contributed by atoms with E-state index >= 15 is 0 Å². The van der Waals surface area contributed by atoms with Gasteiger partial charge >= 0.3 is 0 Å². The minimum atomic E-state index is 0.132. The number of carbonyl (C=O) groups is 1. The van der Waals surface area contributed by atoms with Crippen LogP contribution in [-0.4, -0.2) is 55.5 Å². The van der Waals surface area contributed by atoms with Crippen LogP contribution in [-0.2, 0) is 4.79 Å². The Morgan fingerprint density at radius 1 is 1.57 bits per heavy atom. The Hall–Kier alpha value is -0.610. The average Bonchev–Trinajstić information content (AvgIpc) is 2.25. The zero-order valence-electron chi connectivity index (χ0n) is 9.58. The van der Waals surface area contributed by atoms with Crippen molar-refractivity contribution in [3.05, 3.63) is 0 Å². The second-order valence-corrected chi connectivity index (χ2v) is 5.05. The van der Waals surface area contributed by atoms with Gasteiger partial charge in [-0.2, -0.15) is 0 Å². The van der Waals surface area contributed by atoms with Crippen LogP contribution in [0.2, 0.25) is 0 Å². The lowest BCUT2D eigenvalue weighted by Crippen LogP contribution is -2.36. The summed E-state index contributed by atoms with van der Waals surface area (Å²) in [7, 11) is 3.56. The highest BCUT2D eigenvalue weighted by molar-refractivity contribution is 5.77. The van der Waals surface area contributed by atoms with E-state index in [1.54, 1.807) is 19.0 Å². The number of carbonyl (C=O) groups excluding carboxylic acids is 1. The van der Waals surface area contributed by atoms with Crippen LogP contribution in [0.25, 0.3) is 0 Å². The van der Waals surface area contributed by atoms with Gasteiger partial charge in [-0.3, -0.25) is 9.69 Å². The number of hydrogen-bond acceptors (Lipinski definition) is 3. The Morgan fingerprint density at radius 3 is 2.50 bits per heavy atom. The molecule has 1 rings (SSSR count). The largest absolute Gasteiger partial charge is 0.348 e. The molecule has 4 heteroatoms. The average molecular weight is 199 g/mol. The van der Waals surface area contributed by atoms with Gasteiger partial charge in [-0.25, -0.2) is 0 Å². The van der Waals surface area contributed by atoms with Gasteiger partial charge in [0.05, 0.1) is 6.54 Å². The molecule has 0 saturated carbocycles. The van der Waals surface area contributed by atoms with Crippen LogP contribution in [0.5, 0.6) is 0 Å². The summed E-state index contributed by atoms with van der Waals surface area (Å²) >= 11 is 0. The van der Waals surface area contributed by atoms with Gasteiger partial charge in [0.1, 0.15) is 0 Å². The molecule has 0 aliphatic carbocycles. The molecule has 1 amide bonds. The van der Waals surface area contributed by atoms with Crippen LogP contribution >= 0.6 is 0 Å². The van der Waals surface area contributed by atoms with Gasteiger partial charge in [0.25, 0.3) is 0 Å². The molecule has 82 valence electrons. The van der Waals surface area contributed by atoms with Gasteiger partial charge in [0, 0.05) is 33.2 Å². The Kier molecular flexibility index (Phi) is 3.17. The van der Waals surface area contributed by atoms with E-state index in [1.165, 1.54) is 0 Å². The Morgan fingerprint density at radius 2 is 2.14 bits per heavy atom. The standard InChI is InChI=1S/C10H21N3O/c1-10(2)7-13(5-8(10)11)6-9(14)12(3)4/h8H,5-7,11H2,1-4H3. The molecule has 2 N–H and O–H groups in total. The van der Waals surface area contributed by atoms with Crippen molar-refractivity contribution < 1.29 is 4.79 Å². The second kappa shape index (κ2) is 3.87. The second-order valence-electron chi connectivity index (χ2n) is 5.05. The molecule has 1 unspecified atom stereocenters. The van der Waals surface area contributed by atoms with Gasteiger partial charge in [-0.05, 0) is 5.41 Å². The molecule has 1 atom stereocenters. The fraction of sp³-hybridized carbons (Fsp3) is 0.900. The highest BCUT2D eigenvalue weighted by Gasteiger charge is 2.37. The zero-order chi connectivity index (χ0) is 10.9. The Labute approximate surface area is 86.0 Å². The van der Waals surface area contributed by atoms with Crippen LogP contribution in [0.15, 0.2) is 0 Å². The molecule has 0 aromatic heterocycles. The van der Waals surface area contributed by atoms with Gasteiger partial charge in [-0.1, -0.05) is 13.8 Å². The van der Waals surface area contributed by atoms with E-state index in [0.29, 0.717) is 6.54 Å². The topological polar surface area (TPSA) is 49.6 Å². The summed E-state index contributed by atoms with van der Waals surface area (Å²) < 4.78 is 0. The van der Waals surface area contributed by atoms with E-state index in [9.17, 15) is 4.79 Å².